The first kappa shape index (κ1) is 13.5. The number of ketones is 1. The molecule has 0 bridgehead atoms. The van der Waals surface area contributed by atoms with Gasteiger partial charge in [-0.05, 0) is 42.6 Å². The van der Waals surface area contributed by atoms with E-state index in [0.717, 1.165) is 6.42 Å². The van der Waals surface area contributed by atoms with Gasteiger partial charge in [0.1, 0.15) is 0 Å². The summed E-state index contributed by atoms with van der Waals surface area (Å²) in [4.78, 5) is 12.2. The molecule has 1 aliphatic carbocycles. The largest absolute Gasteiger partial charge is 0.295 e. The predicted octanol–water partition coefficient (Wildman–Crippen LogP) is 4.23. The Labute approximate surface area is 100 Å². The highest BCUT2D eigenvalue weighted by atomic mass is 16.1. The van der Waals surface area contributed by atoms with Gasteiger partial charge in [-0.1, -0.05) is 40.7 Å². The summed E-state index contributed by atoms with van der Waals surface area (Å²) >= 11 is 0. The molecular weight excluding hydrogens is 196 g/mol. The van der Waals surface area contributed by atoms with Crippen LogP contribution in [-0.4, -0.2) is 5.78 Å². The molecule has 1 heteroatoms. The highest BCUT2D eigenvalue weighted by molar-refractivity contribution is 5.92. The van der Waals surface area contributed by atoms with Crippen molar-refractivity contribution in [1.29, 1.82) is 0 Å². The Balaban J connectivity index is 2.89. The molecule has 0 amide bonds. The standard InChI is InChI=1S/C15H26O/c1-6-7-8-13(16)14-11(2)9-10-12(3)15(14,4)5/h7-8,11-12,14H,6,9-10H2,1-5H3/b8-7+/t11-,12+,14?/m0/s1. The lowest BCUT2D eigenvalue weighted by Crippen LogP contribution is -2.43. The van der Waals surface area contributed by atoms with Gasteiger partial charge in [0.05, 0.1) is 0 Å². The summed E-state index contributed by atoms with van der Waals surface area (Å²) in [5, 5.41) is 0. The summed E-state index contributed by atoms with van der Waals surface area (Å²) in [6.45, 7) is 11.1. The summed E-state index contributed by atoms with van der Waals surface area (Å²) in [5.74, 6) is 1.72. The van der Waals surface area contributed by atoms with Gasteiger partial charge < -0.3 is 0 Å². The van der Waals surface area contributed by atoms with Crippen molar-refractivity contribution in [3.8, 4) is 0 Å². The first-order valence-corrected chi connectivity index (χ1v) is 6.61. The zero-order valence-electron chi connectivity index (χ0n) is 11.4. The van der Waals surface area contributed by atoms with Crippen LogP contribution in [0.4, 0.5) is 0 Å². The van der Waals surface area contributed by atoms with Gasteiger partial charge in [0.15, 0.2) is 5.78 Å². The minimum atomic E-state index is 0.146. The Kier molecular flexibility index (Phi) is 4.35. The Morgan fingerprint density at radius 1 is 1.31 bits per heavy atom. The molecule has 0 heterocycles. The summed E-state index contributed by atoms with van der Waals surface area (Å²) < 4.78 is 0. The lowest BCUT2D eigenvalue weighted by molar-refractivity contribution is -0.127. The second kappa shape index (κ2) is 5.16. The molecule has 92 valence electrons. The van der Waals surface area contributed by atoms with E-state index in [2.05, 4.69) is 34.6 Å². The molecule has 1 rings (SSSR count). The van der Waals surface area contributed by atoms with Crippen LogP contribution in [0.1, 0.15) is 53.9 Å². The maximum absolute atomic E-state index is 12.2. The zero-order chi connectivity index (χ0) is 12.3. The quantitative estimate of drug-likeness (QED) is 0.653. The van der Waals surface area contributed by atoms with E-state index in [0.29, 0.717) is 17.6 Å². The number of rotatable bonds is 3. The van der Waals surface area contributed by atoms with Crippen LogP contribution in [0.15, 0.2) is 12.2 Å². The molecule has 1 nitrogen and oxygen atoms in total. The molecule has 1 aliphatic rings. The van der Waals surface area contributed by atoms with Gasteiger partial charge in [0.25, 0.3) is 0 Å². The van der Waals surface area contributed by atoms with Crippen molar-refractivity contribution in [2.24, 2.45) is 23.2 Å². The van der Waals surface area contributed by atoms with Crippen molar-refractivity contribution in [2.45, 2.75) is 53.9 Å². The predicted molar refractivity (Wildman–Crippen MR) is 69.3 cm³/mol. The maximum atomic E-state index is 12.2. The van der Waals surface area contributed by atoms with Gasteiger partial charge in [0, 0.05) is 5.92 Å². The zero-order valence-corrected chi connectivity index (χ0v) is 11.4. The van der Waals surface area contributed by atoms with Crippen LogP contribution in [-0.2, 0) is 4.79 Å². The van der Waals surface area contributed by atoms with E-state index in [1.165, 1.54) is 12.8 Å². The monoisotopic (exact) mass is 222 g/mol. The molecule has 3 atom stereocenters. The van der Waals surface area contributed by atoms with E-state index >= 15 is 0 Å². The summed E-state index contributed by atoms with van der Waals surface area (Å²) in [5.41, 5.74) is 0.146. The molecule has 0 aliphatic heterocycles. The normalized spacial score (nSPS) is 34.2. The minimum Gasteiger partial charge on any atom is -0.295 e. The van der Waals surface area contributed by atoms with Gasteiger partial charge in [0.2, 0.25) is 0 Å². The van der Waals surface area contributed by atoms with E-state index in [1.54, 1.807) is 6.08 Å². The summed E-state index contributed by atoms with van der Waals surface area (Å²) in [7, 11) is 0. The molecule has 1 unspecified atom stereocenters. The molecule has 0 N–H and O–H groups in total. The van der Waals surface area contributed by atoms with Crippen molar-refractivity contribution >= 4 is 5.78 Å². The smallest absolute Gasteiger partial charge is 0.159 e. The van der Waals surface area contributed by atoms with Crippen LogP contribution in [0.25, 0.3) is 0 Å². The second-order valence-electron chi connectivity index (χ2n) is 5.97. The van der Waals surface area contributed by atoms with Crippen LogP contribution in [0.3, 0.4) is 0 Å². The topological polar surface area (TPSA) is 17.1 Å². The van der Waals surface area contributed by atoms with Crippen molar-refractivity contribution in [3.05, 3.63) is 12.2 Å². The van der Waals surface area contributed by atoms with Crippen molar-refractivity contribution in [3.63, 3.8) is 0 Å². The highest BCUT2D eigenvalue weighted by Crippen LogP contribution is 2.48. The fourth-order valence-corrected chi connectivity index (χ4v) is 3.08. The van der Waals surface area contributed by atoms with Gasteiger partial charge in [-0.2, -0.15) is 0 Å². The first-order valence-electron chi connectivity index (χ1n) is 6.61. The molecule has 0 radical (unpaired) electrons. The van der Waals surface area contributed by atoms with E-state index < -0.39 is 0 Å². The number of hydrogen-bond acceptors (Lipinski definition) is 1. The average molecular weight is 222 g/mol. The van der Waals surface area contributed by atoms with Crippen LogP contribution < -0.4 is 0 Å². The summed E-state index contributed by atoms with van der Waals surface area (Å²) in [6.07, 6.45) is 7.20. The molecule has 0 aromatic rings. The van der Waals surface area contributed by atoms with E-state index in [9.17, 15) is 4.79 Å². The van der Waals surface area contributed by atoms with Crippen LogP contribution in [0.5, 0.6) is 0 Å². The fourth-order valence-electron chi connectivity index (χ4n) is 3.08. The van der Waals surface area contributed by atoms with Crippen molar-refractivity contribution < 1.29 is 4.79 Å². The third kappa shape index (κ3) is 2.56. The molecular formula is C15H26O. The van der Waals surface area contributed by atoms with Crippen molar-refractivity contribution in [1.82, 2.24) is 0 Å². The second-order valence-corrected chi connectivity index (χ2v) is 5.97. The van der Waals surface area contributed by atoms with Gasteiger partial charge in [-0.3, -0.25) is 4.79 Å². The fraction of sp³-hybridized carbons (Fsp3) is 0.800. The average Bonchev–Trinajstić information content (AvgIpc) is 2.21. The molecule has 16 heavy (non-hydrogen) atoms. The van der Waals surface area contributed by atoms with Gasteiger partial charge in [-0.15, -0.1) is 0 Å². The number of carbonyl (C=O) groups excluding carboxylic acids is 1. The highest BCUT2D eigenvalue weighted by Gasteiger charge is 2.44. The van der Waals surface area contributed by atoms with Crippen LogP contribution >= 0.6 is 0 Å². The number of allylic oxidation sites excluding steroid dienone is 2. The third-order valence-electron chi connectivity index (χ3n) is 4.52. The Morgan fingerprint density at radius 3 is 2.50 bits per heavy atom. The van der Waals surface area contributed by atoms with E-state index in [4.69, 9.17) is 0 Å². The van der Waals surface area contributed by atoms with Gasteiger partial charge >= 0.3 is 0 Å². The molecule has 0 spiro atoms. The molecule has 1 saturated carbocycles. The lowest BCUT2D eigenvalue weighted by Gasteiger charge is -2.46. The third-order valence-corrected chi connectivity index (χ3v) is 4.52. The SMILES string of the molecule is CC/C=C/C(=O)C1[C@@H](C)CC[C@@H](C)C1(C)C. The van der Waals surface area contributed by atoms with Gasteiger partial charge in [-0.25, -0.2) is 0 Å². The number of hydrogen-bond donors (Lipinski definition) is 0. The Hall–Kier alpha value is -0.590. The Bertz CT molecular complexity index is 275. The van der Waals surface area contributed by atoms with E-state index in [-0.39, 0.29) is 11.3 Å². The lowest BCUT2D eigenvalue weighted by atomic mass is 9.58. The molecule has 0 aromatic carbocycles. The maximum Gasteiger partial charge on any atom is 0.159 e. The minimum absolute atomic E-state index is 0.146. The Morgan fingerprint density at radius 2 is 1.94 bits per heavy atom. The summed E-state index contributed by atoms with van der Waals surface area (Å²) in [6, 6.07) is 0. The first-order chi connectivity index (χ1) is 7.41. The molecule has 0 aromatic heterocycles. The molecule has 0 saturated heterocycles. The number of carbonyl (C=O) groups is 1. The van der Waals surface area contributed by atoms with Crippen LogP contribution in [0, 0.1) is 23.2 Å². The molecule has 1 fully saturated rings. The van der Waals surface area contributed by atoms with Crippen LogP contribution in [0.2, 0.25) is 0 Å². The van der Waals surface area contributed by atoms with E-state index in [1.807, 2.05) is 6.08 Å². The van der Waals surface area contributed by atoms with Crippen molar-refractivity contribution in [2.75, 3.05) is 0 Å².